The van der Waals surface area contributed by atoms with E-state index in [2.05, 4.69) is 0 Å². The number of hydrogen-bond acceptors (Lipinski definition) is 3. The van der Waals surface area contributed by atoms with Crippen molar-refractivity contribution in [2.75, 3.05) is 13.2 Å². The van der Waals surface area contributed by atoms with Crippen molar-refractivity contribution in [2.24, 2.45) is 5.73 Å². The third kappa shape index (κ3) is 3.63. The SMILES string of the molecule is CCC(O)COCC1(N)CCCC1. The van der Waals surface area contributed by atoms with E-state index in [1.165, 1.54) is 12.8 Å². The Labute approximate surface area is 80.3 Å². The molecule has 78 valence electrons. The van der Waals surface area contributed by atoms with E-state index in [4.69, 9.17) is 10.5 Å². The van der Waals surface area contributed by atoms with E-state index in [0.717, 1.165) is 19.3 Å². The molecule has 0 bridgehead atoms. The Morgan fingerprint density at radius 1 is 1.46 bits per heavy atom. The van der Waals surface area contributed by atoms with Crippen molar-refractivity contribution in [1.29, 1.82) is 0 Å². The van der Waals surface area contributed by atoms with Crippen molar-refractivity contribution < 1.29 is 9.84 Å². The average Bonchev–Trinajstić information content (AvgIpc) is 2.52. The van der Waals surface area contributed by atoms with Crippen LogP contribution in [0.15, 0.2) is 0 Å². The van der Waals surface area contributed by atoms with Crippen LogP contribution in [-0.4, -0.2) is 30.0 Å². The molecule has 3 nitrogen and oxygen atoms in total. The molecule has 0 heterocycles. The maximum Gasteiger partial charge on any atom is 0.0771 e. The molecule has 1 aliphatic carbocycles. The third-order valence-electron chi connectivity index (χ3n) is 2.77. The van der Waals surface area contributed by atoms with Gasteiger partial charge in [0.1, 0.15) is 0 Å². The Bertz CT molecular complexity index is 144. The second-order valence-corrected chi connectivity index (χ2v) is 4.15. The number of ether oxygens (including phenoxy) is 1. The number of aliphatic hydroxyl groups excluding tert-OH is 1. The van der Waals surface area contributed by atoms with E-state index in [-0.39, 0.29) is 11.6 Å². The lowest BCUT2D eigenvalue weighted by Crippen LogP contribution is -2.42. The molecule has 0 radical (unpaired) electrons. The van der Waals surface area contributed by atoms with Crippen molar-refractivity contribution in [1.82, 2.24) is 0 Å². The molecule has 1 rings (SSSR count). The van der Waals surface area contributed by atoms with E-state index in [0.29, 0.717) is 13.2 Å². The molecule has 1 fully saturated rings. The first-order valence-electron chi connectivity index (χ1n) is 5.21. The van der Waals surface area contributed by atoms with Gasteiger partial charge in [0.05, 0.1) is 19.3 Å². The van der Waals surface area contributed by atoms with Crippen molar-refractivity contribution in [3.63, 3.8) is 0 Å². The summed E-state index contributed by atoms with van der Waals surface area (Å²) in [5.41, 5.74) is 5.98. The summed E-state index contributed by atoms with van der Waals surface area (Å²) in [5.74, 6) is 0. The zero-order chi connectivity index (χ0) is 9.73. The van der Waals surface area contributed by atoms with Gasteiger partial charge < -0.3 is 15.6 Å². The van der Waals surface area contributed by atoms with Crippen molar-refractivity contribution in [2.45, 2.75) is 50.7 Å². The monoisotopic (exact) mass is 187 g/mol. The molecule has 0 amide bonds. The highest BCUT2D eigenvalue weighted by Crippen LogP contribution is 2.27. The van der Waals surface area contributed by atoms with Gasteiger partial charge in [-0.05, 0) is 19.3 Å². The van der Waals surface area contributed by atoms with E-state index in [9.17, 15) is 5.11 Å². The lowest BCUT2D eigenvalue weighted by molar-refractivity contribution is 0.0142. The van der Waals surface area contributed by atoms with Gasteiger partial charge in [-0.1, -0.05) is 19.8 Å². The summed E-state index contributed by atoms with van der Waals surface area (Å²) in [6.07, 6.45) is 4.99. The van der Waals surface area contributed by atoms with Gasteiger partial charge in [0.15, 0.2) is 0 Å². The molecule has 0 aromatic carbocycles. The van der Waals surface area contributed by atoms with Gasteiger partial charge in [-0.15, -0.1) is 0 Å². The second kappa shape index (κ2) is 4.94. The largest absolute Gasteiger partial charge is 0.391 e. The molecule has 3 N–H and O–H groups in total. The smallest absolute Gasteiger partial charge is 0.0771 e. The number of hydrogen-bond donors (Lipinski definition) is 2. The highest BCUT2D eigenvalue weighted by molar-refractivity contribution is 4.88. The van der Waals surface area contributed by atoms with Gasteiger partial charge in [-0.2, -0.15) is 0 Å². The van der Waals surface area contributed by atoms with Crippen molar-refractivity contribution in [3.8, 4) is 0 Å². The number of nitrogens with two attached hydrogens (primary N) is 1. The predicted molar refractivity (Wildman–Crippen MR) is 52.5 cm³/mol. The van der Waals surface area contributed by atoms with Crippen molar-refractivity contribution in [3.05, 3.63) is 0 Å². The summed E-state index contributed by atoms with van der Waals surface area (Å²) < 4.78 is 5.40. The number of aliphatic hydroxyl groups is 1. The normalized spacial score (nSPS) is 23.3. The van der Waals surface area contributed by atoms with Gasteiger partial charge >= 0.3 is 0 Å². The summed E-state index contributed by atoms with van der Waals surface area (Å²) >= 11 is 0. The maximum absolute atomic E-state index is 9.25. The van der Waals surface area contributed by atoms with Crippen LogP contribution in [-0.2, 0) is 4.74 Å². The Morgan fingerprint density at radius 3 is 2.62 bits per heavy atom. The number of rotatable bonds is 5. The minimum atomic E-state index is -0.329. The molecular weight excluding hydrogens is 166 g/mol. The fourth-order valence-electron chi connectivity index (χ4n) is 1.74. The fourth-order valence-corrected chi connectivity index (χ4v) is 1.74. The Kier molecular flexibility index (Phi) is 4.16. The molecule has 0 aromatic heterocycles. The summed E-state index contributed by atoms with van der Waals surface area (Å²) in [4.78, 5) is 0. The Balaban J connectivity index is 2.11. The first-order chi connectivity index (χ1) is 6.16. The summed E-state index contributed by atoms with van der Waals surface area (Å²) in [5, 5.41) is 9.25. The van der Waals surface area contributed by atoms with Gasteiger partial charge in [-0.3, -0.25) is 0 Å². The lowest BCUT2D eigenvalue weighted by Gasteiger charge is -2.23. The molecule has 3 heteroatoms. The third-order valence-corrected chi connectivity index (χ3v) is 2.77. The van der Waals surface area contributed by atoms with Crippen LogP contribution >= 0.6 is 0 Å². The molecule has 0 aromatic rings. The van der Waals surface area contributed by atoms with Crippen LogP contribution in [0.3, 0.4) is 0 Å². The van der Waals surface area contributed by atoms with Crippen LogP contribution in [0.5, 0.6) is 0 Å². The highest BCUT2D eigenvalue weighted by Gasteiger charge is 2.29. The molecule has 0 saturated heterocycles. The molecular formula is C10H21NO2. The molecule has 1 saturated carbocycles. The first-order valence-corrected chi connectivity index (χ1v) is 5.21. The second-order valence-electron chi connectivity index (χ2n) is 4.15. The molecule has 1 aliphatic rings. The van der Waals surface area contributed by atoms with Crippen LogP contribution in [0.25, 0.3) is 0 Å². The molecule has 1 atom stereocenters. The van der Waals surface area contributed by atoms with Gasteiger partial charge in [0, 0.05) is 5.54 Å². The summed E-state index contributed by atoms with van der Waals surface area (Å²) in [7, 11) is 0. The van der Waals surface area contributed by atoms with Crippen LogP contribution < -0.4 is 5.73 Å². The molecule has 1 unspecified atom stereocenters. The van der Waals surface area contributed by atoms with Crippen LogP contribution in [0, 0.1) is 0 Å². The van der Waals surface area contributed by atoms with E-state index >= 15 is 0 Å². The van der Waals surface area contributed by atoms with Crippen LogP contribution in [0.2, 0.25) is 0 Å². The Hall–Kier alpha value is -0.120. The lowest BCUT2D eigenvalue weighted by atomic mass is 10.0. The predicted octanol–water partition coefficient (Wildman–Crippen LogP) is 1.05. The van der Waals surface area contributed by atoms with Crippen LogP contribution in [0.1, 0.15) is 39.0 Å². The minimum Gasteiger partial charge on any atom is -0.391 e. The summed E-state index contributed by atoms with van der Waals surface area (Å²) in [6, 6.07) is 0. The van der Waals surface area contributed by atoms with E-state index in [1.807, 2.05) is 6.92 Å². The first kappa shape index (κ1) is 11.0. The Morgan fingerprint density at radius 2 is 2.08 bits per heavy atom. The summed E-state index contributed by atoms with van der Waals surface area (Å²) in [6.45, 7) is 2.97. The molecule has 0 spiro atoms. The maximum atomic E-state index is 9.25. The minimum absolute atomic E-state index is 0.104. The zero-order valence-corrected chi connectivity index (χ0v) is 8.46. The fraction of sp³-hybridized carbons (Fsp3) is 1.00. The standard InChI is InChI=1S/C10H21NO2/c1-2-9(12)7-13-8-10(11)5-3-4-6-10/h9,12H,2-8,11H2,1H3. The molecule has 13 heavy (non-hydrogen) atoms. The van der Waals surface area contributed by atoms with Gasteiger partial charge in [0.2, 0.25) is 0 Å². The molecule has 0 aliphatic heterocycles. The van der Waals surface area contributed by atoms with Gasteiger partial charge in [-0.25, -0.2) is 0 Å². The van der Waals surface area contributed by atoms with E-state index in [1.54, 1.807) is 0 Å². The zero-order valence-electron chi connectivity index (χ0n) is 8.46. The topological polar surface area (TPSA) is 55.5 Å². The highest BCUT2D eigenvalue weighted by atomic mass is 16.5. The quantitative estimate of drug-likeness (QED) is 0.676. The van der Waals surface area contributed by atoms with Gasteiger partial charge in [0.25, 0.3) is 0 Å². The van der Waals surface area contributed by atoms with Crippen LogP contribution in [0.4, 0.5) is 0 Å². The van der Waals surface area contributed by atoms with Crippen molar-refractivity contribution >= 4 is 0 Å². The van der Waals surface area contributed by atoms with E-state index < -0.39 is 0 Å². The average molecular weight is 187 g/mol.